The molecule has 82 valence electrons. The third-order valence-electron chi connectivity index (χ3n) is 1.13. The average Bonchev–Trinajstić information content (AvgIpc) is 2.04. The number of nitrogens with one attached hydrogen (secondary N) is 1. The Morgan fingerprint density at radius 3 is 1.71 bits per heavy atom. The van der Waals surface area contributed by atoms with E-state index in [1.54, 1.807) is 0 Å². The fraction of sp³-hybridized carbons (Fsp3) is 0.600. The second kappa shape index (κ2) is 8.29. The third-order valence-corrected chi connectivity index (χ3v) is 1.13. The summed E-state index contributed by atoms with van der Waals surface area (Å²) < 4.78 is 0. The van der Waals surface area contributed by atoms with Crippen molar-refractivity contribution in [1.29, 1.82) is 0 Å². The first-order chi connectivity index (χ1) is 6.31. The van der Waals surface area contributed by atoms with Crippen molar-refractivity contribution in [3.8, 4) is 0 Å². The number of amides is 1. The van der Waals surface area contributed by atoms with E-state index in [9.17, 15) is 9.59 Å². The molecule has 0 fully saturated rings. The van der Waals surface area contributed by atoms with Gasteiger partial charge in [-0.25, -0.2) is 4.79 Å². The molecular weight excluding hydrogens is 182 g/mol. The van der Waals surface area contributed by atoms with Crippen LogP contribution in [0.3, 0.4) is 0 Å². The van der Waals surface area contributed by atoms with Gasteiger partial charge in [-0.15, -0.1) is 0 Å². The SMILES string of the molecule is C=CC(=O)O.CC(C)NC(=O)C(C)C. The lowest BCUT2D eigenvalue weighted by Gasteiger charge is -2.09. The van der Waals surface area contributed by atoms with Crippen LogP contribution in [0.1, 0.15) is 27.7 Å². The number of carbonyl (C=O) groups is 2. The van der Waals surface area contributed by atoms with E-state index in [0.717, 1.165) is 6.08 Å². The zero-order valence-corrected chi connectivity index (χ0v) is 9.20. The van der Waals surface area contributed by atoms with Crippen LogP contribution in [0.4, 0.5) is 0 Å². The Morgan fingerprint density at radius 2 is 1.64 bits per heavy atom. The summed E-state index contributed by atoms with van der Waals surface area (Å²) in [6.45, 7) is 10.7. The van der Waals surface area contributed by atoms with Crippen molar-refractivity contribution in [3.05, 3.63) is 12.7 Å². The van der Waals surface area contributed by atoms with Gasteiger partial charge in [0, 0.05) is 18.0 Å². The number of carbonyl (C=O) groups excluding carboxylic acids is 1. The smallest absolute Gasteiger partial charge is 0.327 e. The van der Waals surface area contributed by atoms with E-state index in [1.165, 1.54) is 0 Å². The lowest BCUT2D eigenvalue weighted by molar-refractivity contribution is -0.131. The van der Waals surface area contributed by atoms with Gasteiger partial charge in [-0.2, -0.15) is 0 Å². The molecule has 0 aromatic rings. The summed E-state index contributed by atoms with van der Waals surface area (Å²) in [5.74, 6) is -0.748. The Bertz CT molecular complexity index is 198. The van der Waals surface area contributed by atoms with Crippen LogP contribution in [0.2, 0.25) is 0 Å². The predicted molar refractivity (Wildman–Crippen MR) is 55.9 cm³/mol. The van der Waals surface area contributed by atoms with Crippen LogP contribution in [-0.2, 0) is 9.59 Å². The van der Waals surface area contributed by atoms with Crippen molar-refractivity contribution in [1.82, 2.24) is 5.32 Å². The minimum atomic E-state index is -0.981. The molecule has 0 radical (unpaired) electrons. The number of rotatable bonds is 3. The van der Waals surface area contributed by atoms with E-state index in [4.69, 9.17) is 5.11 Å². The third kappa shape index (κ3) is 13.3. The van der Waals surface area contributed by atoms with Gasteiger partial charge >= 0.3 is 5.97 Å². The molecule has 0 aliphatic carbocycles. The van der Waals surface area contributed by atoms with Crippen molar-refractivity contribution in [2.45, 2.75) is 33.7 Å². The molecule has 4 heteroatoms. The van der Waals surface area contributed by atoms with Gasteiger partial charge in [0.05, 0.1) is 0 Å². The summed E-state index contributed by atoms with van der Waals surface area (Å²) in [6, 6.07) is 0.264. The second-order valence-corrected chi connectivity index (χ2v) is 3.36. The van der Waals surface area contributed by atoms with Crippen LogP contribution < -0.4 is 5.32 Å². The first kappa shape index (κ1) is 15.2. The van der Waals surface area contributed by atoms with E-state index in [1.807, 2.05) is 27.7 Å². The van der Waals surface area contributed by atoms with Gasteiger partial charge in [0.2, 0.25) is 5.91 Å². The molecule has 0 aliphatic heterocycles. The molecule has 0 saturated heterocycles. The highest BCUT2D eigenvalue weighted by molar-refractivity contribution is 5.78. The first-order valence-corrected chi connectivity index (χ1v) is 4.47. The number of aliphatic carboxylic acids is 1. The predicted octanol–water partition coefficient (Wildman–Crippen LogP) is 1.42. The maximum absolute atomic E-state index is 10.8. The molecule has 0 saturated carbocycles. The monoisotopic (exact) mass is 201 g/mol. The highest BCUT2D eigenvalue weighted by Crippen LogP contribution is 1.91. The minimum Gasteiger partial charge on any atom is -0.478 e. The van der Waals surface area contributed by atoms with Crippen LogP contribution in [0, 0.1) is 5.92 Å². The molecule has 0 unspecified atom stereocenters. The zero-order chi connectivity index (χ0) is 11.7. The van der Waals surface area contributed by atoms with Crippen molar-refractivity contribution in [2.75, 3.05) is 0 Å². The Morgan fingerprint density at radius 1 is 1.29 bits per heavy atom. The van der Waals surface area contributed by atoms with E-state index in [2.05, 4.69) is 11.9 Å². The van der Waals surface area contributed by atoms with Crippen LogP contribution in [0.15, 0.2) is 12.7 Å². The van der Waals surface area contributed by atoms with Crippen LogP contribution in [0.5, 0.6) is 0 Å². The molecule has 2 N–H and O–H groups in total. The minimum absolute atomic E-state index is 0.104. The topological polar surface area (TPSA) is 66.4 Å². The summed E-state index contributed by atoms with van der Waals surface area (Å²) in [6.07, 6.45) is 0.833. The van der Waals surface area contributed by atoms with Crippen LogP contribution in [-0.4, -0.2) is 23.0 Å². The van der Waals surface area contributed by atoms with Gasteiger partial charge < -0.3 is 10.4 Å². The maximum Gasteiger partial charge on any atom is 0.327 e. The van der Waals surface area contributed by atoms with Crippen molar-refractivity contribution >= 4 is 11.9 Å². The molecule has 4 nitrogen and oxygen atoms in total. The molecule has 0 bridgehead atoms. The number of carboxylic acid groups (broad SMARTS) is 1. The quantitative estimate of drug-likeness (QED) is 0.679. The van der Waals surface area contributed by atoms with Gasteiger partial charge in [0.1, 0.15) is 0 Å². The summed E-state index contributed by atoms with van der Waals surface area (Å²) in [5, 5.41) is 10.4. The number of hydrogen-bond donors (Lipinski definition) is 2. The standard InChI is InChI=1S/C7H15NO.C3H4O2/c1-5(2)7(9)8-6(3)4;1-2-3(4)5/h5-6H,1-4H3,(H,8,9);2H,1H2,(H,4,5). The largest absolute Gasteiger partial charge is 0.478 e. The zero-order valence-electron chi connectivity index (χ0n) is 9.20. The molecule has 0 aliphatic rings. The molecular formula is C10H19NO3. The van der Waals surface area contributed by atoms with E-state index in [0.29, 0.717) is 0 Å². The van der Waals surface area contributed by atoms with Crippen molar-refractivity contribution in [3.63, 3.8) is 0 Å². The molecule has 1 amide bonds. The van der Waals surface area contributed by atoms with Gasteiger partial charge in [-0.05, 0) is 13.8 Å². The normalized spacial score (nSPS) is 9.00. The lowest BCUT2D eigenvalue weighted by Crippen LogP contribution is -2.33. The molecule has 14 heavy (non-hydrogen) atoms. The lowest BCUT2D eigenvalue weighted by atomic mass is 10.2. The molecule has 0 aromatic carbocycles. The molecule has 0 aromatic heterocycles. The molecule has 0 heterocycles. The van der Waals surface area contributed by atoms with Crippen molar-refractivity contribution in [2.24, 2.45) is 5.92 Å². The maximum atomic E-state index is 10.8. The van der Waals surface area contributed by atoms with E-state index >= 15 is 0 Å². The van der Waals surface area contributed by atoms with E-state index < -0.39 is 5.97 Å². The number of carboxylic acids is 1. The van der Waals surface area contributed by atoms with Gasteiger partial charge in [0.25, 0.3) is 0 Å². The van der Waals surface area contributed by atoms with Crippen LogP contribution in [0.25, 0.3) is 0 Å². The summed E-state index contributed by atoms with van der Waals surface area (Å²) in [7, 11) is 0. The van der Waals surface area contributed by atoms with Gasteiger partial charge in [-0.3, -0.25) is 4.79 Å². The molecule has 0 atom stereocenters. The first-order valence-electron chi connectivity index (χ1n) is 4.47. The number of hydrogen-bond acceptors (Lipinski definition) is 2. The van der Waals surface area contributed by atoms with Crippen molar-refractivity contribution < 1.29 is 14.7 Å². The summed E-state index contributed by atoms with van der Waals surface area (Å²) in [4.78, 5) is 20.1. The van der Waals surface area contributed by atoms with Gasteiger partial charge in [0.15, 0.2) is 0 Å². The fourth-order valence-corrected chi connectivity index (χ4v) is 0.451. The summed E-state index contributed by atoms with van der Waals surface area (Å²) >= 11 is 0. The summed E-state index contributed by atoms with van der Waals surface area (Å²) in [5.41, 5.74) is 0. The van der Waals surface area contributed by atoms with E-state index in [-0.39, 0.29) is 17.9 Å². The Balaban J connectivity index is 0. The van der Waals surface area contributed by atoms with Gasteiger partial charge in [-0.1, -0.05) is 20.4 Å². The average molecular weight is 201 g/mol. The molecule has 0 rings (SSSR count). The fourth-order valence-electron chi connectivity index (χ4n) is 0.451. The molecule has 0 spiro atoms. The second-order valence-electron chi connectivity index (χ2n) is 3.36. The highest BCUT2D eigenvalue weighted by Gasteiger charge is 2.06. The highest BCUT2D eigenvalue weighted by atomic mass is 16.4. The van der Waals surface area contributed by atoms with Crippen LogP contribution >= 0.6 is 0 Å². The Kier molecular flexibility index (Phi) is 8.98. The Labute approximate surface area is 85.0 Å². The Hall–Kier alpha value is -1.32.